The minimum Gasteiger partial charge on any atom is -0.508 e. The van der Waals surface area contributed by atoms with Crippen LogP contribution >= 0.6 is 0 Å². The number of fused-ring (bicyclic) bond motifs is 1. The molecule has 3 aromatic carbocycles. The molecule has 2 heterocycles. The number of carbonyl (C=O) groups is 1. The quantitative estimate of drug-likeness (QED) is 0.127. The molecule has 1 amide bonds. The second-order valence-electron chi connectivity index (χ2n) is 13.6. The molecular formula is C37H46N6O7S. The van der Waals surface area contributed by atoms with Crippen molar-refractivity contribution in [2.24, 2.45) is 18.9 Å². The van der Waals surface area contributed by atoms with E-state index in [1.807, 2.05) is 80.1 Å². The molecule has 2 aromatic heterocycles. The van der Waals surface area contributed by atoms with E-state index < -0.39 is 45.7 Å². The zero-order valence-corrected chi connectivity index (χ0v) is 30.2. The Morgan fingerprint density at radius 2 is 1.57 bits per heavy atom. The van der Waals surface area contributed by atoms with Crippen LogP contribution < -0.4 is 11.0 Å². The number of rotatable bonds is 15. The molecule has 51 heavy (non-hydrogen) atoms. The van der Waals surface area contributed by atoms with E-state index in [1.165, 1.54) is 39.3 Å². The van der Waals surface area contributed by atoms with E-state index in [2.05, 4.69) is 10.3 Å². The molecule has 272 valence electrons. The number of aliphatic hydroxyl groups excluding tert-OH is 1. The minimum atomic E-state index is -4.09. The van der Waals surface area contributed by atoms with Gasteiger partial charge in [-0.05, 0) is 60.2 Å². The lowest BCUT2D eigenvalue weighted by molar-refractivity contribution is -0.127. The number of aromatic hydroxyl groups is 2. The van der Waals surface area contributed by atoms with E-state index in [1.54, 1.807) is 13.8 Å². The summed E-state index contributed by atoms with van der Waals surface area (Å²) in [5, 5.41) is 35.3. The van der Waals surface area contributed by atoms with Crippen LogP contribution in [0, 0.1) is 11.8 Å². The van der Waals surface area contributed by atoms with Crippen LogP contribution in [0.4, 0.5) is 0 Å². The molecule has 0 unspecified atom stereocenters. The first kappa shape index (κ1) is 37.3. The van der Waals surface area contributed by atoms with Gasteiger partial charge in [0, 0.05) is 20.1 Å². The number of para-hydroxylation sites is 2. The molecule has 0 bridgehead atoms. The predicted molar refractivity (Wildman–Crippen MR) is 194 cm³/mol. The van der Waals surface area contributed by atoms with E-state index in [0.29, 0.717) is 5.82 Å². The Bertz CT molecular complexity index is 2120. The van der Waals surface area contributed by atoms with Crippen LogP contribution in [0.1, 0.15) is 45.1 Å². The molecule has 0 radical (unpaired) electrons. The fourth-order valence-electron chi connectivity index (χ4n) is 6.26. The Morgan fingerprint density at radius 1 is 0.922 bits per heavy atom. The highest BCUT2D eigenvalue weighted by Gasteiger charge is 2.34. The Kier molecular flexibility index (Phi) is 11.4. The standard InChI is InChI=1S/C37H46N6O7S/c1-24(2)20-41(51(49,50)28-17-15-27(44)16-18-28)21-32(45)30(19-26-11-7-6-8-12-26)39-36(47)35(25(3)4)43-23-34(46)42(37(43)48)22-33-38-29-13-9-10-14-31(29)40(33)5/h6-18,23-25,30,32,35,44-46H,19-22H2,1-5H3,(H,39,47)/t30-,32+,35-/m0/s1. The maximum atomic E-state index is 14.2. The van der Waals surface area contributed by atoms with Crippen LogP contribution in [0.5, 0.6) is 11.6 Å². The highest BCUT2D eigenvalue weighted by molar-refractivity contribution is 7.89. The Hall–Kier alpha value is -4.92. The summed E-state index contributed by atoms with van der Waals surface area (Å²) >= 11 is 0. The van der Waals surface area contributed by atoms with E-state index in [-0.39, 0.29) is 48.5 Å². The number of aromatic nitrogens is 4. The van der Waals surface area contributed by atoms with Crippen molar-refractivity contribution in [2.75, 3.05) is 13.1 Å². The molecule has 3 atom stereocenters. The third-order valence-electron chi connectivity index (χ3n) is 8.89. The molecule has 0 saturated carbocycles. The van der Waals surface area contributed by atoms with Crippen LogP contribution in [-0.2, 0) is 34.8 Å². The molecule has 0 spiro atoms. The Labute approximate surface area is 297 Å². The number of nitrogens with zero attached hydrogens (tertiary/aromatic N) is 5. The number of sulfonamides is 1. The van der Waals surface area contributed by atoms with Crippen molar-refractivity contribution in [2.45, 2.75) is 63.7 Å². The molecule has 0 aliphatic carbocycles. The highest BCUT2D eigenvalue weighted by atomic mass is 32.2. The summed E-state index contributed by atoms with van der Waals surface area (Å²) in [6.07, 6.45) is 0.0353. The maximum Gasteiger partial charge on any atom is 0.332 e. The van der Waals surface area contributed by atoms with Gasteiger partial charge in [0.1, 0.15) is 17.6 Å². The highest BCUT2D eigenvalue weighted by Crippen LogP contribution is 2.24. The third kappa shape index (κ3) is 8.35. The number of aryl methyl sites for hydroxylation is 1. The number of aliphatic hydroxyl groups is 1. The lowest BCUT2D eigenvalue weighted by atomic mass is 9.98. The van der Waals surface area contributed by atoms with Gasteiger partial charge in [-0.2, -0.15) is 4.31 Å². The molecule has 0 aliphatic heterocycles. The Morgan fingerprint density at radius 3 is 2.20 bits per heavy atom. The lowest BCUT2D eigenvalue weighted by Gasteiger charge is -2.32. The van der Waals surface area contributed by atoms with Crippen molar-refractivity contribution in [1.29, 1.82) is 0 Å². The maximum absolute atomic E-state index is 14.2. The smallest absolute Gasteiger partial charge is 0.332 e. The van der Waals surface area contributed by atoms with Crippen molar-refractivity contribution in [3.63, 3.8) is 0 Å². The molecule has 5 aromatic rings. The van der Waals surface area contributed by atoms with Gasteiger partial charge in [-0.1, -0.05) is 70.2 Å². The molecule has 5 rings (SSSR count). The zero-order valence-electron chi connectivity index (χ0n) is 29.4. The molecule has 0 fully saturated rings. The van der Waals surface area contributed by atoms with Crippen LogP contribution in [-0.4, -0.2) is 77.9 Å². The van der Waals surface area contributed by atoms with Crippen molar-refractivity contribution in [1.82, 2.24) is 28.3 Å². The van der Waals surface area contributed by atoms with E-state index in [0.717, 1.165) is 21.2 Å². The molecule has 14 heteroatoms. The number of benzene rings is 3. The van der Waals surface area contributed by atoms with Crippen molar-refractivity contribution < 1.29 is 28.5 Å². The number of hydrogen-bond acceptors (Lipinski definition) is 8. The van der Waals surface area contributed by atoms with Crippen LogP contribution in [0.25, 0.3) is 11.0 Å². The van der Waals surface area contributed by atoms with Gasteiger partial charge in [-0.3, -0.25) is 13.9 Å². The summed E-state index contributed by atoms with van der Waals surface area (Å²) in [6, 6.07) is 19.8. The van der Waals surface area contributed by atoms with Crippen LogP contribution in [0.2, 0.25) is 0 Å². The summed E-state index contributed by atoms with van der Waals surface area (Å²) in [5.74, 6) is -0.974. The normalized spacial score (nSPS) is 14.0. The van der Waals surface area contributed by atoms with Gasteiger partial charge in [0.25, 0.3) is 0 Å². The molecule has 4 N–H and O–H groups in total. The largest absolute Gasteiger partial charge is 0.508 e. The zero-order chi connectivity index (χ0) is 37.0. The van der Waals surface area contributed by atoms with Gasteiger partial charge >= 0.3 is 5.69 Å². The molecule has 0 saturated heterocycles. The number of carbonyl (C=O) groups excluding carboxylic acids is 1. The summed E-state index contributed by atoms with van der Waals surface area (Å²) in [5.41, 5.74) is 1.79. The average molecular weight is 719 g/mol. The van der Waals surface area contributed by atoms with Gasteiger partial charge in [0.15, 0.2) is 0 Å². The number of phenolic OH excluding ortho intramolecular Hbond substituents is 1. The van der Waals surface area contributed by atoms with Gasteiger partial charge in [-0.25, -0.2) is 18.2 Å². The van der Waals surface area contributed by atoms with Crippen molar-refractivity contribution in [3.05, 3.63) is 107 Å². The van der Waals surface area contributed by atoms with Gasteiger partial charge in [-0.15, -0.1) is 0 Å². The number of hydrogen-bond donors (Lipinski definition) is 4. The summed E-state index contributed by atoms with van der Waals surface area (Å²) in [4.78, 5) is 32.5. The predicted octanol–water partition coefficient (Wildman–Crippen LogP) is 3.63. The third-order valence-corrected chi connectivity index (χ3v) is 10.7. The lowest BCUT2D eigenvalue weighted by Crippen LogP contribution is -2.53. The van der Waals surface area contributed by atoms with Gasteiger partial charge < -0.3 is 25.2 Å². The number of nitrogens with one attached hydrogen (secondary N) is 1. The molecule has 0 aliphatic rings. The SMILES string of the molecule is CC(C)CN(C[C@@H](O)[C@H](Cc1ccccc1)NC(=O)[C@H](C(C)C)n1cc(O)n(Cc2nc3ccccc3n2C)c1=O)S(=O)(=O)c1ccc(O)cc1. The fraction of sp³-hybridized carbons (Fsp3) is 0.378. The van der Waals surface area contributed by atoms with Gasteiger partial charge in [0.05, 0.1) is 40.8 Å². The summed E-state index contributed by atoms with van der Waals surface area (Å²) in [6.45, 7) is 6.98. The first-order valence-corrected chi connectivity index (χ1v) is 18.3. The molecular weight excluding hydrogens is 673 g/mol. The second-order valence-corrected chi connectivity index (χ2v) is 15.5. The van der Waals surface area contributed by atoms with Gasteiger partial charge in [0.2, 0.25) is 21.8 Å². The first-order valence-electron chi connectivity index (χ1n) is 16.9. The number of phenols is 1. The second kappa shape index (κ2) is 15.5. The fourth-order valence-corrected chi connectivity index (χ4v) is 7.89. The summed E-state index contributed by atoms with van der Waals surface area (Å²) in [7, 11) is -2.27. The van der Waals surface area contributed by atoms with E-state index >= 15 is 0 Å². The van der Waals surface area contributed by atoms with Crippen molar-refractivity contribution in [3.8, 4) is 11.6 Å². The summed E-state index contributed by atoms with van der Waals surface area (Å²) < 4.78 is 32.9. The molecule has 13 nitrogen and oxygen atoms in total. The monoisotopic (exact) mass is 718 g/mol. The number of amides is 1. The van der Waals surface area contributed by atoms with E-state index in [4.69, 9.17) is 0 Å². The number of imidazole rings is 2. The van der Waals surface area contributed by atoms with Crippen LogP contribution in [0.3, 0.4) is 0 Å². The topological polar surface area (TPSA) is 172 Å². The minimum absolute atomic E-state index is 0.0359. The van der Waals surface area contributed by atoms with Crippen molar-refractivity contribution >= 4 is 27.0 Å². The first-order chi connectivity index (χ1) is 24.2. The van der Waals surface area contributed by atoms with Crippen LogP contribution in [0.15, 0.2) is 94.7 Å². The Balaban J connectivity index is 1.44. The van der Waals surface area contributed by atoms with E-state index in [9.17, 15) is 33.3 Å². The average Bonchev–Trinajstić information content (AvgIpc) is 3.54.